The van der Waals surface area contributed by atoms with Crippen LogP contribution in [0.1, 0.15) is 28.9 Å². The van der Waals surface area contributed by atoms with Gasteiger partial charge in [-0.25, -0.2) is 0 Å². The van der Waals surface area contributed by atoms with E-state index in [1.807, 2.05) is 19.1 Å². The van der Waals surface area contributed by atoms with E-state index >= 15 is 0 Å². The second-order valence-corrected chi connectivity index (χ2v) is 6.09. The highest BCUT2D eigenvalue weighted by Crippen LogP contribution is 2.22. The van der Waals surface area contributed by atoms with Gasteiger partial charge < -0.3 is 19.7 Å². The van der Waals surface area contributed by atoms with Crippen molar-refractivity contribution in [2.45, 2.75) is 13.0 Å². The van der Waals surface area contributed by atoms with Gasteiger partial charge in [-0.15, -0.1) is 0 Å². The first kappa shape index (κ1) is 17.3. The van der Waals surface area contributed by atoms with Gasteiger partial charge in [0.05, 0.1) is 31.9 Å². The van der Waals surface area contributed by atoms with Crippen LogP contribution in [0.4, 0.5) is 5.69 Å². The van der Waals surface area contributed by atoms with Crippen LogP contribution in [0, 0.1) is 0 Å². The molecule has 0 radical (unpaired) electrons. The van der Waals surface area contributed by atoms with E-state index in [0.29, 0.717) is 11.3 Å². The molecule has 2 aromatic carbocycles. The minimum Gasteiger partial charge on any atom is -0.496 e. The van der Waals surface area contributed by atoms with Crippen LogP contribution in [0.5, 0.6) is 5.75 Å². The Kier molecular flexibility index (Phi) is 5.56. The molecule has 1 heterocycles. The van der Waals surface area contributed by atoms with E-state index in [1.165, 1.54) is 5.69 Å². The number of nitrogens with zero attached hydrogens (tertiary/aromatic N) is 1. The van der Waals surface area contributed by atoms with E-state index in [4.69, 9.17) is 9.47 Å². The maximum atomic E-state index is 12.5. The van der Waals surface area contributed by atoms with Crippen LogP contribution in [0.2, 0.25) is 0 Å². The fourth-order valence-corrected chi connectivity index (χ4v) is 2.99. The molecule has 5 heteroatoms. The number of rotatable bonds is 5. The Hall–Kier alpha value is -2.53. The molecule has 2 aromatic rings. The zero-order chi connectivity index (χ0) is 17.6. The molecule has 1 N–H and O–H groups in total. The molecule has 0 aromatic heterocycles. The Morgan fingerprint density at radius 1 is 1.12 bits per heavy atom. The van der Waals surface area contributed by atoms with Crippen molar-refractivity contribution >= 4 is 11.6 Å². The van der Waals surface area contributed by atoms with Gasteiger partial charge in [-0.1, -0.05) is 24.3 Å². The number of amides is 1. The normalized spacial score (nSPS) is 15.5. The Labute approximate surface area is 148 Å². The number of hydrogen-bond acceptors (Lipinski definition) is 4. The molecule has 3 rings (SSSR count). The first-order valence-corrected chi connectivity index (χ1v) is 8.55. The zero-order valence-electron chi connectivity index (χ0n) is 14.7. The minimum atomic E-state index is -0.137. The number of para-hydroxylation sites is 1. The Morgan fingerprint density at radius 3 is 2.48 bits per heavy atom. The third kappa shape index (κ3) is 4.12. The maximum Gasteiger partial charge on any atom is 0.255 e. The second-order valence-electron chi connectivity index (χ2n) is 6.09. The van der Waals surface area contributed by atoms with Crippen LogP contribution in [0.3, 0.4) is 0 Å². The fourth-order valence-electron chi connectivity index (χ4n) is 2.99. The van der Waals surface area contributed by atoms with Gasteiger partial charge in [-0.2, -0.15) is 0 Å². The average molecular weight is 340 g/mol. The Bertz CT molecular complexity index is 709. The van der Waals surface area contributed by atoms with Crippen LogP contribution in [-0.2, 0) is 4.74 Å². The predicted molar refractivity (Wildman–Crippen MR) is 98.3 cm³/mol. The van der Waals surface area contributed by atoms with Crippen molar-refractivity contribution in [3.8, 4) is 5.75 Å². The Morgan fingerprint density at radius 2 is 1.80 bits per heavy atom. The first-order chi connectivity index (χ1) is 12.2. The van der Waals surface area contributed by atoms with Gasteiger partial charge in [0, 0.05) is 18.8 Å². The van der Waals surface area contributed by atoms with Crippen molar-refractivity contribution in [3.63, 3.8) is 0 Å². The van der Waals surface area contributed by atoms with Crippen molar-refractivity contribution in [3.05, 3.63) is 59.7 Å². The summed E-state index contributed by atoms with van der Waals surface area (Å²) in [5, 5.41) is 3.03. The van der Waals surface area contributed by atoms with Crippen LogP contribution in [-0.4, -0.2) is 39.3 Å². The molecule has 132 valence electrons. The van der Waals surface area contributed by atoms with E-state index in [9.17, 15) is 4.79 Å². The summed E-state index contributed by atoms with van der Waals surface area (Å²) in [5.74, 6) is 0.442. The molecule has 0 unspecified atom stereocenters. The quantitative estimate of drug-likeness (QED) is 0.909. The summed E-state index contributed by atoms with van der Waals surface area (Å²) in [7, 11) is 1.57. The predicted octanol–water partition coefficient (Wildman–Crippen LogP) is 3.02. The molecule has 25 heavy (non-hydrogen) atoms. The van der Waals surface area contributed by atoms with Crippen molar-refractivity contribution in [1.82, 2.24) is 5.32 Å². The maximum absolute atomic E-state index is 12.5. The molecule has 5 nitrogen and oxygen atoms in total. The smallest absolute Gasteiger partial charge is 0.255 e. The van der Waals surface area contributed by atoms with Crippen molar-refractivity contribution < 1.29 is 14.3 Å². The molecular weight excluding hydrogens is 316 g/mol. The largest absolute Gasteiger partial charge is 0.496 e. The number of methoxy groups -OCH3 is 1. The zero-order valence-corrected chi connectivity index (χ0v) is 14.7. The average Bonchev–Trinajstić information content (AvgIpc) is 2.68. The molecular formula is C20H24N2O3. The summed E-state index contributed by atoms with van der Waals surface area (Å²) in [6, 6.07) is 15.5. The van der Waals surface area contributed by atoms with Gasteiger partial charge in [0.1, 0.15) is 5.75 Å². The van der Waals surface area contributed by atoms with Gasteiger partial charge in [0.2, 0.25) is 0 Å². The first-order valence-electron chi connectivity index (χ1n) is 8.55. The van der Waals surface area contributed by atoms with Gasteiger partial charge in [0.25, 0.3) is 5.91 Å². The lowest BCUT2D eigenvalue weighted by Gasteiger charge is -2.29. The highest BCUT2D eigenvalue weighted by molar-refractivity contribution is 5.97. The lowest BCUT2D eigenvalue weighted by Crippen LogP contribution is -2.36. The summed E-state index contributed by atoms with van der Waals surface area (Å²) in [5.41, 5.74) is 2.80. The van der Waals surface area contributed by atoms with Crippen molar-refractivity contribution in [2.75, 3.05) is 38.3 Å². The molecule has 1 aliphatic heterocycles. The fraction of sp³-hybridized carbons (Fsp3) is 0.350. The molecule has 0 bridgehead atoms. The highest BCUT2D eigenvalue weighted by atomic mass is 16.5. The van der Waals surface area contributed by atoms with Gasteiger partial charge >= 0.3 is 0 Å². The molecule has 1 aliphatic rings. The van der Waals surface area contributed by atoms with Crippen LogP contribution < -0.4 is 15.0 Å². The summed E-state index contributed by atoms with van der Waals surface area (Å²) in [6.45, 7) is 5.36. The lowest BCUT2D eigenvalue weighted by molar-refractivity contribution is 0.0937. The second kappa shape index (κ2) is 8.03. The number of ether oxygens (including phenoxy) is 2. The lowest BCUT2D eigenvalue weighted by atomic mass is 10.1. The molecule has 1 saturated heterocycles. The van der Waals surface area contributed by atoms with Crippen LogP contribution in [0.25, 0.3) is 0 Å². The van der Waals surface area contributed by atoms with Crippen LogP contribution >= 0.6 is 0 Å². The number of benzene rings is 2. The number of nitrogens with one attached hydrogen (secondary N) is 1. The van der Waals surface area contributed by atoms with E-state index < -0.39 is 0 Å². The molecule has 0 aliphatic carbocycles. The van der Waals surface area contributed by atoms with E-state index in [2.05, 4.69) is 34.5 Å². The molecule has 1 amide bonds. The molecule has 0 spiro atoms. The van der Waals surface area contributed by atoms with Gasteiger partial charge in [-0.3, -0.25) is 4.79 Å². The number of carbonyl (C=O) groups excluding carboxylic acids is 1. The molecule has 1 fully saturated rings. The van der Waals surface area contributed by atoms with Crippen LogP contribution in [0.15, 0.2) is 48.5 Å². The minimum absolute atomic E-state index is 0.0869. The summed E-state index contributed by atoms with van der Waals surface area (Å²) in [6.07, 6.45) is 0. The standard InChI is InChI=1S/C20H24N2O3/c1-15(21-20(23)18-5-3-4-6-19(18)24-2)16-7-9-17(10-8-16)22-11-13-25-14-12-22/h3-10,15H,11-14H2,1-2H3,(H,21,23)/t15-/m1/s1. The Balaban J connectivity index is 1.66. The monoisotopic (exact) mass is 340 g/mol. The van der Waals surface area contributed by atoms with Crippen molar-refractivity contribution in [1.29, 1.82) is 0 Å². The van der Waals surface area contributed by atoms with Gasteiger partial charge in [0.15, 0.2) is 0 Å². The number of carbonyl (C=O) groups is 1. The third-order valence-corrected chi connectivity index (χ3v) is 4.47. The van der Waals surface area contributed by atoms with E-state index in [1.54, 1.807) is 19.2 Å². The third-order valence-electron chi connectivity index (χ3n) is 4.47. The number of morpholine rings is 1. The number of anilines is 1. The van der Waals surface area contributed by atoms with Crippen molar-refractivity contribution in [2.24, 2.45) is 0 Å². The topological polar surface area (TPSA) is 50.8 Å². The number of hydrogen-bond donors (Lipinski definition) is 1. The summed E-state index contributed by atoms with van der Waals surface area (Å²) in [4.78, 5) is 14.8. The van der Waals surface area contributed by atoms with E-state index in [-0.39, 0.29) is 11.9 Å². The summed E-state index contributed by atoms with van der Waals surface area (Å²) >= 11 is 0. The van der Waals surface area contributed by atoms with E-state index in [0.717, 1.165) is 31.9 Å². The SMILES string of the molecule is COc1ccccc1C(=O)N[C@H](C)c1ccc(N2CCOCC2)cc1. The van der Waals surface area contributed by atoms with Gasteiger partial charge in [-0.05, 0) is 36.8 Å². The molecule has 1 atom stereocenters. The molecule has 0 saturated carbocycles. The summed E-state index contributed by atoms with van der Waals surface area (Å²) < 4.78 is 10.6. The highest BCUT2D eigenvalue weighted by Gasteiger charge is 2.16.